The summed E-state index contributed by atoms with van der Waals surface area (Å²) in [6.45, 7) is 5.03. The fourth-order valence-corrected chi connectivity index (χ4v) is 3.23. The van der Waals surface area contributed by atoms with Crippen molar-refractivity contribution >= 4 is 5.91 Å². The number of hydrogen-bond donors (Lipinski definition) is 0. The highest BCUT2D eigenvalue weighted by molar-refractivity contribution is 5.81. The van der Waals surface area contributed by atoms with Crippen molar-refractivity contribution in [2.45, 2.75) is 39.5 Å². The zero-order valence-electron chi connectivity index (χ0n) is 16.5. The Morgan fingerprint density at radius 3 is 1.86 bits per heavy atom. The van der Waals surface area contributed by atoms with Gasteiger partial charge in [-0.05, 0) is 36.1 Å². The lowest BCUT2D eigenvalue weighted by Gasteiger charge is -2.27. The number of ether oxygens (including phenoxy) is 1. The molecular formula is C25H27NO2. The van der Waals surface area contributed by atoms with Crippen LogP contribution in [0.5, 0.6) is 5.75 Å². The molecule has 144 valence electrons. The van der Waals surface area contributed by atoms with E-state index in [-0.39, 0.29) is 5.91 Å². The Balaban J connectivity index is 1.78. The zero-order valence-corrected chi connectivity index (χ0v) is 16.5. The minimum absolute atomic E-state index is 0.0152. The van der Waals surface area contributed by atoms with Gasteiger partial charge in [-0.3, -0.25) is 4.79 Å². The second-order valence-corrected chi connectivity index (χ2v) is 6.89. The van der Waals surface area contributed by atoms with E-state index in [1.807, 2.05) is 96.8 Å². The van der Waals surface area contributed by atoms with Crippen LogP contribution in [0.3, 0.4) is 0 Å². The van der Waals surface area contributed by atoms with Crippen molar-refractivity contribution in [3.05, 3.63) is 102 Å². The van der Waals surface area contributed by atoms with E-state index in [9.17, 15) is 4.79 Å². The fraction of sp³-hybridized carbons (Fsp3) is 0.240. The SMILES string of the molecule is CCc1ccccc1O[C@@H](C)C(=O)N(Cc1ccccc1)Cc1ccccc1. The number of para-hydroxylation sites is 1. The minimum Gasteiger partial charge on any atom is -0.481 e. The Morgan fingerprint density at radius 2 is 1.32 bits per heavy atom. The zero-order chi connectivity index (χ0) is 19.8. The van der Waals surface area contributed by atoms with E-state index >= 15 is 0 Å². The summed E-state index contributed by atoms with van der Waals surface area (Å²) in [5, 5.41) is 0. The Bertz CT molecular complexity index is 836. The number of carbonyl (C=O) groups is 1. The summed E-state index contributed by atoms with van der Waals surface area (Å²) in [6, 6.07) is 28.1. The quantitative estimate of drug-likeness (QED) is 0.540. The number of amides is 1. The molecule has 0 aromatic heterocycles. The number of benzene rings is 3. The van der Waals surface area contributed by atoms with E-state index in [2.05, 4.69) is 6.92 Å². The van der Waals surface area contributed by atoms with Crippen LogP contribution in [-0.4, -0.2) is 16.9 Å². The molecule has 1 atom stereocenters. The summed E-state index contributed by atoms with van der Waals surface area (Å²) in [6.07, 6.45) is 0.314. The summed E-state index contributed by atoms with van der Waals surface area (Å²) in [7, 11) is 0. The highest BCUT2D eigenvalue weighted by Gasteiger charge is 2.23. The van der Waals surface area contributed by atoms with Crippen LogP contribution in [-0.2, 0) is 24.3 Å². The van der Waals surface area contributed by atoms with Crippen molar-refractivity contribution in [3.8, 4) is 5.75 Å². The van der Waals surface area contributed by atoms with Gasteiger partial charge in [0.15, 0.2) is 6.10 Å². The molecule has 0 aliphatic heterocycles. The Kier molecular flexibility index (Phi) is 6.85. The number of rotatable bonds is 8. The lowest BCUT2D eigenvalue weighted by atomic mass is 10.1. The van der Waals surface area contributed by atoms with Crippen molar-refractivity contribution < 1.29 is 9.53 Å². The van der Waals surface area contributed by atoms with Crippen molar-refractivity contribution in [1.82, 2.24) is 4.90 Å². The Hall–Kier alpha value is -3.07. The van der Waals surface area contributed by atoms with Crippen molar-refractivity contribution in [1.29, 1.82) is 0 Å². The average Bonchev–Trinajstić information content (AvgIpc) is 2.74. The third-order valence-electron chi connectivity index (χ3n) is 4.75. The molecule has 0 aliphatic carbocycles. The van der Waals surface area contributed by atoms with Gasteiger partial charge in [-0.15, -0.1) is 0 Å². The van der Waals surface area contributed by atoms with E-state index in [1.165, 1.54) is 0 Å². The second kappa shape index (κ2) is 9.75. The molecule has 0 saturated heterocycles. The van der Waals surface area contributed by atoms with Crippen LogP contribution in [0.1, 0.15) is 30.5 Å². The Labute approximate surface area is 167 Å². The predicted octanol–water partition coefficient (Wildman–Crippen LogP) is 5.25. The van der Waals surface area contributed by atoms with Crippen molar-refractivity contribution in [2.75, 3.05) is 0 Å². The third kappa shape index (κ3) is 5.23. The predicted molar refractivity (Wildman–Crippen MR) is 113 cm³/mol. The number of nitrogens with zero attached hydrogens (tertiary/aromatic N) is 1. The van der Waals surface area contributed by atoms with E-state index in [0.717, 1.165) is 28.9 Å². The minimum atomic E-state index is -0.555. The smallest absolute Gasteiger partial charge is 0.263 e. The van der Waals surface area contributed by atoms with Gasteiger partial charge in [0, 0.05) is 13.1 Å². The highest BCUT2D eigenvalue weighted by Crippen LogP contribution is 2.21. The van der Waals surface area contributed by atoms with Gasteiger partial charge >= 0.3 is 0 Å². The fourth-order valence-electron chi connectivity index (χ4n) is 3.23. The maximum Gasteiger partial charge on any atom is 0.263 e. The molecule has 3 rings (SSSR count). The summed E-state index contributed by atoms with van der Waals surface area (Å²) in [5.74, 6) is 0.767. The molecule has 1 amide bonds. The van der Waals surface area contributed by atoms with Crippen LogP contribution in [0.15, 0.2) is 84.9 Å². The van der Waals surface area contributed by atoms with Gasteiger partial charge in [0.25, 0.3) is 5.91 Å². The maximum absolute atomic E-state index is 13.3. The lowest BCUT2D eigenvalue weighted by molar-refractivity contribution is -0.139. The molecule has 0 bridgehead atoms. The molecule has 0 aliphatic rings. The molecule has 0 saturated carbocycles. The van der Waals surface area contributed by atoms with Crippen molar-refractivity contribution in [3.63, 3.8) is 0 Å². The molecule has 3 aromatic rings. The van der Waals surface area contributed by atoms with Gasteiger partial charge < -0.3 is 9.64 Å². The summed E-state index contributed by atoms with van der Waals surface area (Å²) in [5.41, 5.74) is 3.32. The average molecular weight is 373 g/mol. The number of hydrogen-bond acceptors (Lipinski definition) is 2. The first kappa shape index (κ1) is 19.7. The summed E-state index contributed by atoms with van der Waals surface area (Å²) >= 11 is 0. The Morgan fingerprint density at radius 1 is 0.821 bits per heavy atom. The normalized spacial score (nSPS) is 11.6. The molecule has 3 nitrogen and oxygen atoms in total. The molecule has 0 unspecified atom stereocenters. The van der Waals surface area contributed by atoms with Crippen LogP contribution < -0.4 is 4.74 Å². The molecule has 0 heterocycles. The van der Waals surface area contributed by atoms with Gasteiger partial charge in [-0.1, -0.05) is 85.8 Å². The molecule has 3 aromatic carbocycles. The second-order valence-electron chi connectivity index (χ2n) is 6.89. The van der Waals surface area contributed by atoms with Crippen LogP contribution in [0.2, 0.25) is 0 Å². The van der Waals surface area contributed by atoms with E-state index < -0.39 is 6.10 Å². The van der Waals surface area contributed by atoms with Gasteiger partial charge in [-0.25, -0.2) is 0 Å². The first-order valence-electron chi connectivity index (χ1n) is 9.78. The number of carbonyl (C=O) groups excluding carboxylic acids is 1. The first-order chi connectivity index (χ1) is 13.7. The topological polar surface area (TPSA) is 29.5 Å². The van der Waals surface area contributed by atoms with Gasteiger partial charge in [0.05, 0.1) is 0 Å². The maximum atomic E-state index is 13.3. The first-order valence-corrected chi connectivity index (χ1v) is 9.78. The van der Waals surface area contributed by atoms with E-state index in [4.69, 9.17) is 4.74 Å². The standard InChI is InChI=1S/C25H27NO2/c1-3-23-16-10-11-17-24(23)28-20(2)25(27)26(18-21-12-6-4-7-13-21)19-22-14-8-5-9-15-22/h4-17,20H,3,18-19H2,1-2H3/t20-/m0/s1. The van der Waals surface area contributed by atoms with Gasteiger partial charge in [-0.2, -0.15) is 0 Å². The molecule has 3 heteroatoms. The molecule has 0 spiro atoms. The van der Waals surface area contributed by atoms with Crippen LogP contribution in [0.4, 0.5) is 0 Å². The van der Waals surface area contributed by atoms with Crippen molar-refractivity contribution in [2.24, 2.45) is 0 Å². The van der Waals surface area contributed by atoms with E-state index in [1.54, 1.807) is 0 Å². The van der Waals surface area contributed by atoms with Gasteiger partial charge in [0.2, 0.25) is 0 Å². The molecule has 0 N–H and O–H groups in total. The molecular weight excluding hydrogens is 346 g/mol. The summed E-state index contributed by atoms with van der Waals surface area (Å²) in [4.78, 5) is 15.1. The third-order valence-corrected chi connectivity index (χ3v) is 4.75. The molecule has 0 radical (unpaired) electrons. The monoisotopic (exact) mass is 373 g/mol. The largest absolute Gasteiger partial charge is 0.481 e. The lowest BCUT2D eigenvalue weighted by Crippen LogP contribution is -2.39. The summed E-state index contributed by atoms with van der Waals surface area (Å²) < 4.78 is 6.06. The molecule has 0 fully saturated rings. The van der Waals surface area contributed by atoms with E-state index in [0.29, 0.717) is 13.1 Å². The van der Waals surface area contributed by atoms with Crippen LogP contribution in [0.25, 0.3) is 0 Å². The van der Waals surface area contributed by atoms with Crippen LogP contribution in [0, 0.1) is 0 Å². The highest BCUT2D eigenvalue weighted by atomic mass is 16.5. The van der Waals surface area contributed by atoms with Gasteiger partial charge in [0.1, 0.15) is 5.75 Å². The number of aryl methyl sites for hydroxylation is 1. The molecule has 28 heavy (non-hydrogen) atoms. The van der Waals surface area contributed by atoms with Crippen LogP contribution >= 0.6 is 0 Å².